The number of amides is 1. The van der Waals surface area contributed by atoms with E-state index in [2.05, 4.69) is 25.7 Å². The molecule has 1 amide bonds. The third kappa shape index (κ3) is 12.3. The second-order valence-electron chi connectivity index (χ2n) is 19.0. The van der Waals surface area contributed by atoms with E-state index in [9.17, 15) is 7.54 Å². The molecule has 0 radical (unpaired) electrons. The average Bonchev–Trinajstić information content (AvgIpc) is 4.05. The number of carbonyl (C=O) groups is 1. The molecule has 2 aromatic carbocycles. The molecule has 4 aliphatic rings. The van der Waals surface area contributed by atoms with Crippen LogP contribution in [0.15, 0.2) is 60.7 Å². The number of nitrogens with zero attached hydrogens (tertiary/aromatic N) is 8. The van der Waals surface area contributed by atoms with Crippen LogP contribution in [0.4, 0.5) is 4.79 Å². The molecule has 4 aliphatic heterocycles. The summed E-state index contributed by atoms with van der Waals surface area (Å²) < 4.78 is 93.1. The smallest absolute Gasteiger partial charge is 0.408 e. The van der Waals surface area contributed by atoms with Crippen LogP contribution in [0.5, 0.6) is 0 Å². The first-order valence-electron chi connectivity index (χ1n) is 27.4. The first-order chi connectivity index (χ1) is 33.1. The number of hydrogen-bond acceptors (Lipinski definition) is 9. The minimum atomic E-state index is -2.37. The van der Waals surface area contributed by atoms with Crippen molar-refractivity contribution in [1.82, 2.24) is 44.6 Å². The summed E-state index contributed by atoms with van der Waals surface area (Å²) >= 11 is 0. The lowest BCUT2D eigenvalue weighted by molar-refractivity contribution is 0.0488. The maximum atomic E-state index is 12.7. The highest BCUT2D eigenvalue weighted by atomic mass is 32.1. The molecule has 0 saturated carbocycles. The Hall–Kier alpha value is -3.43. The van der Waals surface area contributed by atoms with Crippen molar-refractivity contribution in [3.8, 4) is 0 Å². The van der Waals surface area contributed by atoms with Crippen LogP contribution >= 0.6 is 27.0 Å². The molecule has 4 bridgehead atoms. The zero-order valence-corrected chi connectivity index (χ0v) is 40.1. The minimum Gasteiger partial charge on any atom is -0.444 e. The van der Waals surface area contributed by atoms with Crippen molar-refractivity contribution in [3.63, 3.8) is 0 Å². The van der Waals surface area contributed by atoms with Crippen molar-refractivity contribution in [3.05, 3.63) is 95.1 Å². The van der Waals surface area contributed by atoms with Crippen molar-refractivity contribution >= 4 is 33.1 Å². The molecule has 8 rings (SSSR count). The molecule has 348 valence electrons. The number of piperidine rings is 2. The first-order valence-corrected chi connectivity index (χ1v) is 22.4. The van der Waals surface area contributed by atoms with Crippen molar-refractivity contribution < 1.29 is 23.2 Å². The Labute approximate surface area is 405 Å². The van der Waals surface area contributed by atoms with Crippen LogP contribution in [-0.2, 0) is 4.74 Å². The molecule has 6 atom stereocenters. The number of carbonyl (C=O) groups excluding carboxylic acids is 1. The van der Waals surface area contributed by atoms with E-state index in [1.807, 2.05) is 107 Å². The van der Waals surface area contributed by atoms with E-state index in [4.69, 9.17) is 21.4 Å². The lowest BCUT2D eigenvalue weighted by Gasteiger charge is -2.40. The molecule has 4 saturated heterocycles. The Kier molecular flexibility index (Phi) is 13.3. The molecule has 4 fully saturated rings. The molecular formula is C49H78N10O2S2. The van der Waals surface area contributed by atoms with Crippen LogP contribution < -0.4 is 11.1 Å². The Morgan fingerprint density at radius 1 is 0.698 bits per heavy atom. The second kappa shape index (κ2) is 22.2. The fraction of sp³-hybridized carbons (Fsp3) is 0.653. The standard InChI is InChI=1S/C27H41N5O2.C22H33N5.2H2S/c1-18(2)25-30-29-19(3)32(25)23-16-21-12-13-22(17-23)31(21)15-14-24(20-10-8-7-9-11-20)28-26(33)34-27(4,5)6;1-15(2)22-25-24-16(3)27(22)20-13-18-9-10-19(14-20)26(18)12-11-21(23)17-7-5-4-6-8-17;;/h7-11,18,21-24H,12-17H2,1-6H3,(H,28,33);4-8,15,18-21H,9-14,23H2,1-3H3;2*1H2/t21?,22?,23?,24-;18?,19?,20?,21-;;/m00../s1/i3D3,15D2;3D3,12D2;;. The van der Waals surface area contributed by atoms with Gasteiger partial charge in [-0.15, -0.1) is 20.4 Å². The zero-order chi connectivity index (χ0) is 52.0. The molecule has 63 heavy (non-hydrogen) atoms. The van der Waals surface area contributed by atoms with Gasteiger partial charge in [0, 0.05) is 80.8 Å². The third-order valence-electron chi connectivity index (χ3n) is 12.7. The van der Waals surface area contributed by atoms with E-state index in [-0.39, 0.29) is 106 Å². The van der Waals surface area contributed by atoms with Crippen LogP contribution in [0.3, 0.4) is 0 Å². The number of nitrogens with two attached hydrogens (primary N) is 1. The van der Waals surface area contributed by atoms with Gasteiger partial charge in [0.25, 0.3) is 0 Å². The molecule has 12 nitrogen and oxygen atoms in total. The van der Waals surface area contributed by atoms with Gasteiger partial charge >= 0.3 is 6.09 Å². The van der Waals surface area contributed by atoms with E-state index in [0.29, 0.717) is 37.3 Å². The van der Waals surface area contributed by atoms with Gasteiger partial charge in [0.2, 0.25) is 0 Å². The summed E-state index contributed by atoms with van der Waals surface area (Å²) in [5.74, 6) is 1.49. The van der Waals surface area contributed by atoms with Crippen LogP contribution in [-0.4, -0.2) is 88.2 Å². The van der Waals surface area contributed by atoms with Gasteiger partial charge < -0.3 is 24.9 Å². The quantitative estimate of drug-likeness (QED) is 0.135. The Bertz CT molecular complexity index is 2390. The predicted molar refractivity (Wildman–Crippen MR) is 263 cm³/mol. The van der Waals surface area contributed by atoms with Gasteiger partial charge in [0.05, 0.1) is 6.04 Å². The number of aryl methyl sites for hydroxylation is 2. The summed E-state index contributed by atoms with van der Waals surface area (Å²) in [6, 6.07) is 17.9. The number of alkyl carbamates (subject to hydrolysis) is 1. The largest absolute Gasteiger partial charge is 0.444 e. The van der Waals surface area contributed by atoms with Crippen molar-refractivity contribution in [1.29, 1.82) is 0 Å². The summed E-state index contributed by atoms with van der Waals surface area (Å²) in [6.45, 7) is 5.39. The average molecular weight is 913 g/mol. The first kappa shape index (κ1) is 37.8. The Balaban J connectivity index is 0.000000268. The van der Waals surface area contributed by atoms with Gasteiger partial charge in [-0.3, -0.25) is 9.80 Å². The molecule has 4 unspecified atom stereocenters. The lowest BCUT2D eigenvalue weighted by Crippen LogP contribution is -2.45. The molecule has 14 heteroatoms. The van der Waals surface area contributed by atoms with Crippen molar-refractivity contribution in [2.75, 3.05) is 13.0 Å². The van der Waals surface area contributed by atoms with Gasteiger partial charge in [-0.1, -0.05) is 88.4 Å². The number of hydrogen-bond donors (Lipinski definition) is 2. The molecule has 2 aromatic heterocycles. The molecule has 6 heterocycles. The fourth-order valence-electron chi connectivity index (χ4n) is 9.95. The van der Waals surface area contributed by atoms with Crippen LogP contribution in [0.1, 0.15) is 197 Å². The maximum Gasteiger partial charge on any atom is 0.408 e. The minimum absolute atomic E-state index is 0. The summed E-state index contributed by atoms with van der Waals surface area (Å²) in [4.78, 5) is 16.7. The summed E-state index contributed by atoms with van der Waals surface area (Å²) in [7, 11) is 0. The lowest BCUT2D eigenvalue weighted by atomic mass is 9.95. The highest BCUT2D eigenvalue weighted by molar-refractivity contribution is 7.59. The van der Waals surface area contributed by atoms with Gasteiger partial charge in [-0.2, -0.15) is 27.0 Å². The molecule has 0 aliphatic carbocycles. The normalized spacial score (nSPS) is 27.5. The number of fused-ring (bicyclic) bond motifs is 4. The Morgan fingerprint density at radius 3 is 1.51 bits per heavy atom. The molecule has 4 aromatic rings. The van der Waals surface area contributed by atoms with Gasteiger partial charge in [0.15, 0.2) is 0 Å². The van der Waals surface area contributed by atoms with Gasteiger partial charge in [0.1, 0.15) is 28.9 Å². The predicted octanol–water partition coefficient (Wildman–Crippen LogP) is 9.73. The summed E-state index contributed by atoms with van der Waals surface area (Å²) in [5.41, 5.74) is 7.45. The van der Waals surface area contributed by atoms with E-state index in [0.717, 1.165) is 36.8 Å². The fourth-order valence-corrected chi connectivity index (χ4v) is 9.95. The van der Waals surface area contributed by atoms with Gasteiger partial charge in [-0.25, -0.2) is 4.79 Å². The van der Waals surface area contributed by atoms with E-state index in [1.165, 1.54) is 0 Å². The number of ether oxygens (including phenoxy) is 1. The SMILES string of the molecule is S.S.[2H]C([2H])([2H])c1nnc(C(C)C)n1C1CC2CCC(C1)N2C([2H])([2H])C[C@H](N)c1ccccc1.[2H]C([2H])([2H])c1nnc(C(C)C)n1C1CC2CCC(C1)N2C([2H])([2H])C[C@H](NC(=O)OC(C)(C)C)c1ccccc1. The highest BCUT2D eigenvalue weighted by Crippen LogP contribution is 2.44. The van der Waals surface area contributed by atoms with E-state index in [1.54, 1.807) is 20.8 Å². The number of rotatable bonds is 13. The van der Waals surface area contributed by atoms with Crippen LogP contribution in [0.25, 0.3) is 0 Å². The topological polar surface area (TPSA) is 132 Å². The molecule has 3 N–H and O–H groups in total. The number of aromatic nitrogens is 6. The van der Waals surface area contributed by atoms with Crippen LogP contribution in [0, 0.1) is 13.7 Å². The van der Waals surface area contributed by atoms with Crippen molar-refractivity contribution in [2.24, 2.45) is 5.73 Å². The number of nitrogens with one attached hydrogen (secondary N) is 1. The van der Waals surface area contributed by atoms with E-state index < -0.39 is 44.4 Å². The molecular weight excluding hydrogens is 825 g/mol. The third-order valence-corrected chi connectivity index (χ3v) is 12.7. The van der Waals surface area contributed by atoms with Crippen molar-refractivity contribution in [2.45, 2.75) is 192 Å². The second-order valence-corrected chi connectivity index (χ2v) is 19.0. The zero-order valence-electron chi connectivity index (χ0n) is 48.1. The Morgan fingerprint density at radius 2 is 1.11 bits per heavy atom. The number of benzene rings is 2. The van der Waals surface area contributed by atoms with Gasteiger partial charge in [-0.05, 0) is 110 Å². The van der Waals surface area contributed by atoms with Crippen LogP contribution in [0.2, 0.25) is 0 Å². The van der Waals surface area contributed by atoms with E-state index >= 15 is 0 Å². The molecule has 0 spiro atoms. The highest BCUT2D eigenvalue weighted by Gasteiger charge is 2.43. The maximum absolute atomic E-state index is 12.7. The summed E-state index contributed by atoms with van der Waals surface area (Å²) in [6.07, 6.45) is 5.79. The monoisotopic (exact) mass is 913 g/mol. The summed E-state index contributed by atoms with van der Waals surface area (Å²) in [5, 5.41) is 19.5.